The van der Waals surface area contributed by atoms with Crippen molar-refractivity contribution in [2.45, 2.75) is 25.2 Å². The minimum atomic E-state index is -3.88. The molecule has 0 aliphatic heterocycles. The first-order valence-corrected chi connectivity index (χ1v) is 12.0. The summed E-state index contributed by atoms with van der Waals surface area (Å²) in [5, 5.41) is 14.2. The number of amides is 1. The highest BCUT2D eigenvalue weighted by Crippen LogP contribution is 2.31. The second kappa shape index (κ2) is 12.2. The fourth-order valence-corrected chi connectivity index (χ4v) is 4.69. The van der Waals surface area contributed by atoms with E-state index in [9.17, 15) is 23.3 Å². The number of carbonyl (C=O) groups excluding carboxylic acids is 1. The van der Waals surface area contributed by atoms with Gasteiger partial charge in [0.25, 0.3) is 5.91 Å². The second-order valence-corrected chi connectivity index (χ2v) is 8.99. The molecule has 0 saturated heterocycles. The van der Waals surface area contributed by atoms with Crippen LogP contribution < -0.4 is 19.5 Å². The molecule has 0 radical (unpaired) electrons. The largest absolute Gasteiger partial charge is 0.493 e. The van der Waals surface area contributed by atoms with Crippen molar-refractivity contribution in [2.24, 2.45) is 0 Å². The summed E-state index contributed by atoms with van der Waals surface area (Å²) in [5.41, 5.74) is 0.380. The predicted octanol–water partition coefficient (Wildman–Crippen LogP) is 2.38. The lowest BCUT2D eigenvalue weighted by Gasteiger charge is -2.18. The molecule has 0 fully saturated rings. The zero-order chi connectivity index (χ0) is 25.3. The first-order valence-electron chi connectivity index (χ1n) is 10.6. The molecule has 0 atom stereocenters. The van der Waals surface area contributed by atoms with Gasteiger partial charge < -0.3 is 19.5 Å². The Kier molecular flexibility index (Phi) is 9.63. The Labute approximate surface area is 198 Å². The summed E-state index contributed by atoms with van der Waals surface area (Å²) in [7, 11) is -0.801. The van der Waals surface area contributed by atoms with E-state index in [0.717, 1.165) is 11.6 Å². The van der Waals surface area contributed by atoms with E-state index in [1.807, 2.05) is 6.07 Å². The maximum atomic E-state index is 12.6. The van der Waals surface area contributed by atoms with Crippen LogP contribution in [0.15, 0.2) is 41.3 Å². The molecule has 11 nitrogen and oxygen atoms in total. The molecule has 0 unspecified atom stereocenters. The van der Waals surface area contributed by atoms with Gasteiger partial charge in [-0.2, -0.15) is 4.31 Å². The average Bonchev–Trinajstić information content (AvgIpc) is 2.82. The Morgan fingerprint density at radius 1 is 1.03 bits per heavy atom. The van der Waals surface area contributed by atoms with Crippen molar-refractivity contribution in [1.82, 2.24) is 9.62 Å². The van der Waals surface area contributed by atoms with Crippen LogP contribution in [0.1, 0.15) is 19.4 Å². The molecular formula is C22H29N3O8S. The van der Waals surface area contributed by atoms with Crippen molar-refractivity contribution in [3.05, 3.63) is 52.1 Å². The van der Waals surface area contributed by atoms with Crippen LogP contribution in [-0.2, 0) is 21.2 Å². The lowest BCUT2D eigenvalue weighted by molar-refractivity contribution is -0.386. The van der Waals surface area contributed by atoms with E-state index < -0.39 is 33.1 Å². The molecule has 0 bridgehead atoms. The highest BCUT2D eigenvalue weighted by molar-refractivity contribution is 7.89. The summed E-state index contributed by atoms with van der Waals surface area (Å²) in [6.45, 7) is 3.66. The molecule has 1 amide bonds. The van der Waals surface area contributed by atoms with Gasteiger partial charge in [-0.25, -0.2) is 8.42 Å². The van der Waals surface area contributed by atoms with E-state index >= 15 is 0 Å². The van der Waals surface area contributed by atoms with E-state index in [4.69, 9.17) is 14.2 Å². The Morgan fingerprint density at radius 2 is 1.68 bits per heavy atom. The second-order valence-electron chi connectivity index (χ2n) is 7.05. The fourth-order valence-electron chi connectivity index (χ4n) is 3.21. The number of methoxy groups -OCH3 is 2. The molecule has 0 spiro atoms. The third-order valence-corrected chi connectivity index (χ3v) is 7.06. The normalized spacial score (nSPS) is 11.2. The fraction of sp³-hybridized carbons (Fsp3) is 0.409. The number of rotatable bonds is 13. The number of nitrogens with zero attached hydrogens (tertiary/aromatic N) is 2. The molecule has 1 N–H and O–H groups in total. The van der Waals surface area contributed by atoms with Gasteiger partial charge in [-0.15, -0.1) is 0 Å². The van der Waals surface area contributed by atoms with Gasteiger partial charge in [0.1, 0.15) is 0 Å². The SMILES string of the molecule is CCN(CC)S(=O)(=O)c1ccc(OCC(=O)NCCc2ccc(OC)c(OC)c2)c([N+](=O)[O-])c1. The highest BCUT2D eigenvalue weighted by atomic mass is 32.2. The number of hydrogen-bond donors (Lipinski definition) is 1. The smallest absolute Gasteiger partial charge is 0.312 e. The lowest BCUT2D eigenvalue weighted by Crippen LogP contribution is -2.31. The van der Waals surface area contributed by atoms with Crippen molar-refractivity contribution in [3.8, 4) is 17.2 Å². The van der Waals surface area contributed by atoms with Crippen LogP contribution in [0, 0.1) is 10.1 Å². The number of nitro groups is 1. The molecule has 0 aromatic heterocycles. The molecule has 2 aromatic carbocycles. The van der Waals surface area contributed by atoms with Gasteiger partial charge in [0, 0.05) is 25.7 Å². The number of nitro benzene ring substituents is 1. The van der Waals surface area contributed by atoms with E-state index in [2.05, 4.69) is 5.32 Å². The van der Waals surface area contributed by atoms with Gasteiger partial charge in [0.05, 0.1) is 24.0 Å². The molecule has 2 aromatic rings. The van der Waals surface area contributed by atoms with Crippen molar-refractivity contribution >= 4 is 21.6 Å². The number of hydrogen-bond acceptors (Lipinski definition) is 8. The average molecular weight is 496 g/mol. The third-order valence-electron chi connectivity index (χ3n) is 5.01. The molecule has 2 rings (SSSR count). The van der Waals surface area contributed by atoms with Crippen molar-refractivity contribution < 1.29 is 32.3 Å². The van der Waals surface area contributed by atoms with Crippen molar-refractivity contribution in [3.63, 3.8) is 0 Å². The Morgan fingerprint density at radius 3 is 2.26 bits per heavy atom. The molecule has 0 aliphatic carbocycles. The molecular weight excluding hydrogens is 466 g/mol. The van der Waals surface area contributed by atoms with E-state index in [1.165, 1.54) is 23.5 Å². The molecule has 34 heavy (non-hydrogen) atoms. The molecule has 0 saturated carbocycles. The summed E-state index contributed by atoms with van der Waals surface area (Å²) >= 11 is 0. The zero-order valence-corrected chi connectivity index (χ0v) is 20.4. The molecule has 186 valence electrons. The number of benzene rings is 2. The summed E-state index contributed by atoms with van der Waals surface area (Å²) in [6, 6.07) is 8.77. The molecule has 0 aliphatic rings. The van der Waals surface area contributed by atoms with Gasteiger partial charge >= 0.3 is 5.69 Å². The van der Waals surface area contributed by atoms with Gasteiger partial charge in [-0.05, 0) is 36.2 Å². The quantitative estimate of drug-likeness (QED) is 0.330. The van der Waals surface area contributed by atoms with Crippen LogP contribution in [0.5, 0.6) is 17.2 Å². The van der Waals surface area contributed by atoms with Crippen LogP contribution in [-0.4, -0.2) is 64.0 Å². The van der Waals surface area contributed by atoms with Gasteiger partial charge in [0.2, 0.25) is 10.0 Å². The number of carbonyl (C=O) groups is 1. The Hall–Kier alpha value is -3.38. The van der Waals surface area contributed by atoms with Crippen LogP contribution in [0.3, 0.4) is 0 Å². The van der Waals surface area contributed by atoms with Crippen LogP contribution >= 0.6 is 0 Å². The van der Waals surface area contributed by atoms with Gasteiger partial charge in [0.15, 0.2) is 23.9 Å². The monoisotopic (exact) mass is 495 g/mol. The first-order chi connectivity index (χ1) is 16.2. The van der Waals surface area contributed by atoms with Crippen LogP contribution in [0.2, 0.25) is 0 Å². The minimum absolute atomic E-state index is 0.196. The van der Waals surface area contributed by atoms with E-state index in [-0.39, 0.29) is 23.7 Å². The standard InChI is InChI=1S/C22H29N3O8S/c1-5-24(6-2)34(29,30)17-8-10-19(18(14-17)25(27)28)33-15-22(26)23-12-11-16-7-9-20(31-3)21(13-16)32-4/h7-10,13-14H,5-6,11-12,15H2,1-4H3,(H,23,26). The number of nitrogens with one attached hydrogen (secondary N) is 1. The molecule has 0 heterocycles. The minimum Gasteiger partial charge on any atom is -0.493 e. The summed E-state index contributed by atoms with van der Waals surface area (Å²) in [5.74, 6) is 0.503. The summed E-state index contributed by atoms with van der Waals surface area (Å²) in [6.07, 6.45) is 0.518. The molecule has 12 heteroatoms. The van der Waals surface area contributed by atoms with Gasteiger partial charge in [-0.3, -0.25) is 14.9 Å². The van der Waals surface area contributed by atoms with Crippen molar-refractivity contribution in [2.75, 3.05) is 40.5 Å². The number of sulfonamides is 1. The lowest BCUT2D eigenvalue weighted by atomic mass is 10.1. The third kappa shape index (κ3) is 6.58. The van der Waals surface area contributed by atoms with Crippen LogP contribution in [0.25, 0.3) is 0 Å². The van der Waals surface area contributed by atoms with Gasteiger partial charge in [-0.1, -0.05) is 19.9 Å². The Balaban J connectivity index is 2.00. The maximum absolute atomic E-state index is 12.6. The van der Waals surface area contributed by atoms with E-state index in [0.29, 0.717) is 24.5 Å². The first kappa shape index (κ1) is 26.9. The maximum Gasteiger partial charge on any atom is 0.312 e. The van der Waals surface area contributed by atoms with Crippen molar-refractivity contribution in [1.29, 1.82) is 0 Å². The summed E-state index contributed by atoms with van der Waals surface area (Å²) in [4.78, 5) is 22.7. The Bertz CT molecular complexity index is 1120. The van der Waals surface area contributed by atoms with E-state index in [1.54, 1.807) is 33.1 Å². The van der Waals surface area contributed by atoms with Crippen LogP contribution in [0.4, 0.5) is 5.69 Å². The zero-order valence-electron chi connectivity index (χ0n) is 19.6. The number of ether oxygens (including phenoxy) is 3. The highest BCUT2D eigenvalue weighted by Gasteiger charge is 2.26. The summed E-state index contributed by atoms with van der Waals surface area (Å²) < 4.78 is 42.2. The topological polar surface area (TPSA) is 137 Å². The predicted molar refractivity (Wildman–Crippen MR) is 125 cm³/mol.